The summed E-state index contributed by atoms with van der Waals surface area (Å²) in [4.78, 5) is 17.8. The topological polar surface area (TPSA) is 34.9 Å². The highest BCUT2D eigenvalue weighted by Crippen LogP contribution is 2.51. The zero-order valence-corrected chi connectivity index (χ0v) is 17.7. The van der Waals surface area contributed by atoms with Crippen molar-refractivity contribution in [1.29, 1.82) is 0 Å². The maximum atomic E-state index is 13.2. The number of hydrogen-bond donors (Lipinski definition) is 0. The minimum absolute atomic E-state index is 0.0226. The zero-order chi connectivity index (χ0) is 19.1. The molecule has 0 saturated heterocycles. The molecule has 2 fully saturated rings. The largest absolute Gasteiger partial charge is 0.319 e. The molecule has 1 heterocycles. The molecule has 2 saturated carbocycles. The summed E-state index contributed by atoms with van der Waals surface area (Å²) in [5.41, 5.74) is 5.15. The molecule has 2 aromatic rings. The predicted octanol–water partition coefficient (Wildman–Crippen LogP) is 5.58. The summed E-state index contributed by atoms with van der Waals surface area (Å²) < 4.78 is 2.43. The molecule has 148 valence electrons. The number of aromatic nitrogens is 2. The van der Waals surface area contributed by atoms with Crippen LogP contribution in [0.25, 0.3) is 11.3 Å². The van der Waals surface area contributed by atoms with E-state index in [-0.39, 0.29) is 11.0 Å². The zero-order valence-electron chi connectivity index (χ0n) is 16.9. The van der Waals surface area contributed by atoms with E-state index >= 15 is 0 Å². The third-order valence-corrected chi connectivity index (χ3v) is 8.12. The van der Waals surface area contributed by atoms with E-state index in [4.69, 9.17) is 0 Å². The van der Waals surface area contributed by atoms with Gasteiger partial charge in [0, 0.05) is 23.1 Å². The Morgan fingerprint density at radius 2 is 1.89 bits per heavy atom. The summed E-state index contributed by atoms with van der Waals surface area (Å²) in [5, 5.41) is 0.926. The van der Waals surface area contributed by atoms with Crippen molar-refractivity contribution in [2.75, 3.05) is 5.75 Å². The maximum absolute atomic E-state index is 13.2. The molecule has 1 aromatic heterocycles. The molecule has 3 nitrogen and oxygen atoms in total. The number of benzene rings is 1. The molecule has 0 amide bonds. The number of thioether (sulfide) groups is 1. The standard InChI is InChI=1S/C24H30N2OS/c1-2-28-23-25-22(27)19-15-24(13-7-8-14-24)20-12-6-5-11-18(20)21(19)26(23)16-17-9-3-4-10-17/h5-6,11-12,17H,2-4,7-10,13-16H2,1H3. The quantitative estimate of drug-likeness (QED) is 0.501. The lowest BCUT2D eigenvalue weighted by Crippen LogP contribution is -2.36. The van der Waals surface area contributed by atoms with Gasteiger partial charge in [0.15, 0.2) is 5.16 Å². The van der Waals surface area contributed by atoms with Crippen molar-refractivity contribution in [2.45, 2.75) is 81.8 Å². The van der Waals surface area contributed by atoms with Crippen LogP contribution in [0.5, 0.6) is 0 Å². The number of fused-ring (bicyclic) bond motifs is 4. The molecule has 0 radical (unpaired) electrons. The van der Waals surface area contributed by atoms with E-state index in [1.165, 1.54) is 68.2 Å². The van der Waals surface area contributed by atoms with Crippen LogP contribution in [0.4, 0.5) is 0 Å². The Balaban J connectivity index is 1.73. The highest BCUT2D eigenvalue weighted by molar-refractivity contribution is 7.99. The Morgan fingerprint density at radius 1 is 1.14 bits per heavy atom. The van der Waals surface area contributed by atoms with Gasteiger partial charge in [0.2, 0.25) is 0 Å². The lowest BCUT2D eigenvalue weighted by molar-refractivity contribution is 0.406. The van der Waals surface area contributed by atoms with Gasteiger partial charge in [-0.15, -0.1) is 0 Å². The second kappa shape index (κ2) is 7.37. The van der Waals surface area contributed by atoms with Gasteiger partial charge in [-0.05, 0) is 49.3 Å². The summed E-state index contributed by atoms with van der Waals surface area (Å²) in [6.45, 7) is 3.16. The molecule has 0 bridgehead atoms. The van der Waals surface area contributed by atoms with Crippen LogP contribution in [0.2, 0.25) is 0 Å². The van der Waals surface area contributed by atoms with Crippen LogP contribution in [0.15, 0.2) is 34.2 Å². The fraction of sp³-hybridized carbons (Fsp3) is 0.583. The molecule has 0 atom stereocenters. The smallest absolute Gasteiger partial charge is 0.277 e. The maximum Gasteiger partial charge on any atom is 0.277 e. The third kappa shape index (κ3) is 2.96. The van der Waals surface area contributed by atoms with Gasteiger partial charge in [0.05, 0.1) is 5.69 Å². The normalized spacial score (nSPS) is 20.5. The summed E-state index contributed by atoms with van der Waals surface area (Å²) in [6.07, 6.45) is 11.1. The Morgan fingerprint density at radius 3 is 2.64 bits per heavy atom. The van der Waals surface area contributed by atoms with Crippen molar-refractivity contribution in [1.82, 2.24) is 9.55 Å². The van der Waals surface area contributed by atoms with Crippen molar-refractivity contribution in [3.8, 4) is 11.3 Å². The van der Waals surface area contributed by atoms with E-state index in [0.29, 0.717) is 0 Å². The molecule has 0 aliphatic heterocycles. The van der Waals surface area contributed by atoms with E-state index in [9.17, 15) is 4.79 Å². The first-order chi connectivity index (χ1) is 13.7. The molecule has 1 aromatic carbocycles. The molecule has 3 aliphatic carbocycles. The number of hydrogen-bond acceptors (Lipinski definition) is 3. The van der Waals surface area contributed by atoms with Crippen molar-refractivity contribution in [3.63, 3.8) is 0 Å². The van der Waals surface area contributed by atoms with Crippen LogP contribution < -0.4 is 5.56 Å². The molecule has 3 aliphatic rings. The minimum atomic E-state index is 0.0226. The third-order valence-electron chi connectivity index (χ3n) is 7.26. The predicted molar refractivity (Wildman–Crippen MR) is 116 cm³/mol. The Hall–Kier alpha value is -1.55. The SMILES string of the molecule is CCSc1nc(=O)c2c(n1CC1CCCC1)-c1ccccc1C1(CCCC1)C2. The Kier molecular flexibility index (Phi) is 4.86. The van der Waals surface area contributed by atoms with E-state index in [0.717, 1.165) is 35.4 Å². The van der Waals surface area contributed by atoms with Crippen LogP contribution in [0.1, 0.15) is 69.4 Å². The highest BCUT2D eigenvalue weighted by Gasteiger charge is 2.43. The van der Waals surface area contributed by atoms with Crippen LogP contribution >= 0.6 is 11.8 Å². The van der Waals surface area contributed by atoms with Crippen LogP contribution in [0, 0.1) is 5.92 Å². The average Bonchev–Trinajstić information content (AvgIpc) is 3.38. The second-order valence-corrected chi connectivity index (χ2v) is 10.2. The van der Waals surface area contributed by atoms with Crippen LogP contribution in [-0.2, 0) is 18.4 Å². The van der Waals surface area contributed by atoms with Crippen molar-refractivity contribution < 1.29 is 0 Å². The first kappa shape index (κ1) is 18.5. The summed E-state index contributed by atoms with van der Waals surface area (Å²) >= 11 is 1.72. The molecule has 1 spiro atoms. The minimum Gasteiger partial charge on any atom is -0.319 e. The van der Waals surface area contributed by atoms with E-state index in [1.54, 1.807) is 11.8 Å². The average molecular weight is 395 g/mol. The summed E-state index contributed by atoms with van der Waals surface area (Å²) in [7, 11) is 0. The number of rotatable bonds is 4. The fourth-order valence-corrected chi connectivity index (χ4v) is 6.71. The fourth-order valence-electron chi connectivity index (χ4n) is 5.99. The van der Waals surface area contributed by atoms with Gasteiger partial charge in [-0.2, -0.15) is 4.98 Å². The Bertz CT molecular complexity index is 936. The first-order valence-electron chi connectivity index (χ1n) is 11.1. The molecule has 0 unspecified atom stereocenters. The van der Waals surface area contributed by atoms with Crippen molar-refractivity contribution in [2.24, 2.45) is 5.92 Å². The molecule has 5 rings (SSSR count). The van der Waals surface area contributed by atoms with Crippen LogP contribution in [0.3, 0.4) is 0 Å². The molecular formula is C24H30N2OS. The van der Waals surface area contributed by atoms with Crippen molar-refractivity contribution in [3.05, 3.63) is 45.7 Å². The molecule has 28 heavy (non-hydrogen) atoms. The summed E-state index contributed by atoms with van der Waals surface area (Å²) in [6, 6.07) is 8.93. The summed E-state index contributed by atoms with van der Waals surface area (Å²) in [5.74, 6) is 1.67. The van der Waals surface area contributed by atoms with Gasteiger partial charge < -0.3 is 4.57 Å². The van der Waals surface area contributed by atoms with Gasteiger partial charge in [-0.25, -0.2) is 0 Å². The lowest BCUT2D eigenvalue weighted by atomic mass is 9.68. The number of nitrogens with zero attached hydrogens (tertiary/aromatic N) is 2. The molecule has 4 heteroatoms. The van der Waals surface area contributed by atoms with Gasteiger partial charge in [0.1, 0.15) is 0 Å². The molecule has 0 N–H and O–H groups in total. The monoisotopic (exact) mass is 394 g/mol. The van der Waals surface area contributed by atoms with Crippen molar-refractivity contribution >= 4 is 11.8 Å². The van der Waals surface area contributed by atoms with Crippen LogP contribution in [-0.4, -0.2) is 15.3 Å². The molecular weight excluding hydrogens is 364 g/mol. The first-order valence-corrected chi connectivity index (χ1v) is 12.1. The lowest BCUT2D eigenvalue weighted by Gasteiger charge is -2.38. The van der Waals surface area contributed by atoms with E-state index in [1.807, 2.05) is 0 Å². The van der Waals surface area contributed by atoms with Gasteiger partial charge >= 0.3 is 0 Å². The second-order valence-electron chi connectivity index (χ2n) is 8.93. The van der Waals surface area contributed by atoms with Gasteiger partial charge in [0.25, 0.3) is 5.56 Å². The van der Waals surface area contributed by atoms with Gasteiger partial charge in [-0.3, -0.25) is 4.79 Å². The Labute approximate surface area is 172 Å². The van der Waals surface area contributed by atoms with E-state index < -0.39 is 0 Å². The van der Waals surface area contributed by atoms with E-state index in [2.05, 4.69) is 40.7 Å². The van der Waals surface area contributed by atoms with Gasteiger partial charge in [-0.1, -0.05) is 68.6 Å². The highest BCUT2D eigenvalue weighted by atomic mass is 32.2.